The highest BCUT2D eigenvalue weighted by molar-refractivity contribution is 5.54. The number of nitrogens with two attached hydrogens (primary N) is 1. The van der Waals surface area contributed by atoms with Crippen LogP contribution in [0.15, 0.2) is 36.8 Å². The SMILES string of the molecule is NNc1ccnc(-c2cccnc2)n1. The van der Waals surface area contributed by atoms with Crippen molar-refractivity contribution in [3.8, 4) is 11.4 Å². The first-order valence-electron chi connectivity index (χ1n) is 4.10. The number of hydrogen-bond acceptors (Lipinski definition) is 5. The summed E-state index contributed by atoms with van der Waals surface area (Å²) in [6.45, 7) is 0. The lowest BCUT2D eigenvalue weighted by molar-refractivity contribution is 1.14. The maximum absolute atomic E-state index is 5.24. The molecule has 2 aromatic rings. The average molecular weight is 187 g/mol. The second kappa shape index (κ2) is 3.80. The fourth-order valence-electron chi connectivity index (χ4n) is 1.07. The van der Waals surface area contributed by atoms with Gasteiger partial charge in [0.1, 0.15) is 5.82 Å². The van der Waals surface area contributed by atoms with Crippen LogP contribution in [0.3, 0.4) is 0 Å². The quantitative estimate of drug-likeness (QED) is 0.537. The predicted octanol–water partition coefficient (Wildman–Crippen LogP) is 0.824. The number of nitrogens with one attached hydrogen (secondary N) is 1. The summed E-state index contributed by atoms with van der Waals surface area (Å²) in [5.41, 5.74) is 3.33. The lowest BCUT2D eigenvalue weighted by Crippen LogP contribution is -2.09. The van der Waals surface area contributed by atoms with Crippen molar-refractivity contribution in [3.63, 3.8) is 0 Å². The van der Waals surface area contributed by atoms with Crippen LogP contribution in [0, 0.1) is 0 Å². The standard InChI is InChI=1S/C9H9N5/c10-14-8-3-5-12-9(13-8)7-2-1-4-11-6-7/h1-6H,10H2,(H,12,13,14). The van der Waals surface area contributed by atoms with Crippen LogP contribution >= 0.6 is 0 Å². The van der Waals surface area contributed by atoms with Gasteiger partial charge in [0, 0.05) is 30.2 Å². The first-order chi connectivity index (χ1) is 6.90. The molecule has 2 heterocycles. The molecule has 0 saturated heterocycles. The number of anilines is 1. The van der Waals surface area contributed by atoms with E-state index in [9.17, 15) is 0 Å². The molecule has 5 heteroatoms. The van der Waals surface area contributed by atoms with Gasteiger partial charge in [-0.05, 0) is 12.1 Å². The lowest BCUT2D eigenvalue weighted by atomic mass is 10.3. The number of nitrogen functional groups attached to an aromatic ring is 1. The summed E-state index contributed by atoms with van der Waals surface area (Å²) in [5.74, 6) is 6.43. The molecule has 2 aromatic heterocycles. The molecule has 2 rings (SSSR count). The molecular formula is C9H9N5. The van der Waals surface area contributed by atoms with E-state index in [4.69, 9.17) is 5.84 Å². The van der Waals surface area contributed by atoms with Crippen LogP contribution in [0.4, 0.5) is 5.82 Å². The molecule has 0 radical (unpaired) electrons. The van der Waals surface area contributed by atoms with Gasteiger partial charge in [0.2, 0.25) is 0 Å². The Morgan fingerprint density at radius 3 is 2.86 bits per heavy atom. The largest absolute Gasteiger partial charge is 0.308 e. The van der Waals surface area contributed by atoms with Gasteiger partial charge in [0.25, 0.3) is 0 Å². The summed E-state index contributed by atoms with van der Waals surface area (Å²) in [4.78, 5) is 12.3. The molecule has 0 unspecified atom stereocenters. The van der Waals surface area contributed by atoms with E-state index < -0.39 is 0 Å². The maximum Gasteiger partial charge on any atom is 0.163 e. The van der Waals surface area contributed by atoms with Crippen LogP contribution in [0.1, 0.15) is 0 Å². The number of pyridine rings is 1. The Kier molecular flexibility index (Phi) is 2.33. The van der Waals surface area contributed by atoms with Gasteiger partial charge in [-0.2, -0.15) is 0 Å². The van der Waals surface area contributed by atoms with Gasteiger partial charge in [-0.3, -0.25) is 4.98 Å². The predicted molar refractivity (Wildman–Crippen MR) is 53.1 cm³/mol. The molecule has 3 N–H and O–H groups in total. The number of rotatable bonds is 2. The molecule has 14 heavy (non-hydrogen) atoms. The Balaban J connectivity index is 2.42. The highest BCUT2D eigenvalue weighted by atomic mass is 15.3. The summed E-state index contributed by atoms with van der Waals surface area (Å²) in [6, 6.07) is 5.42. The summed E-state index contributed by atoms with van der Waals surface area (Å²) in [7, 11) is 0. The Morgan fingerprint density at radius 2 is 2.14 bits per heavy atom. The normalized spacial score (nSPS) is 9.79. The van der Waals surface area contributed by atoms with Gasteiger partial charge in [-0.25, -0.2) is 15.8 Å². The van der Waals surface area contributed by atoms with E-state index in [-0.39, 0.29) is 0 Å². The molecule has 0 aliphatic rings. The summed E-state index contributed by atoms with van der Waals surface area (Å²) in [5, 5.41) is 0. The Morgan fingerprint density at radius 1 is 1.21 bits per heavy atom. The fraction of sp³-hybridized carbons (Fsp3) is 0. The van der Waals surface area contributed by atoms with E-state index in [0.717, 1.165) is 5.56 Å². The van der Waals surface area contributed by atoms with Gasteiger partial charge < -0.3 is 5.43 Å². The van der Waals surface area contributed by atoms with E-state index in [1.807, 2.05) is 12.1 Å². The van der Waals surface area contributed by atoms with Gasteiger partial charge in [0.15, 0.2) is 5.82 Å². The molecule has 0 spiro atoms. The van der Waals surface area contributed by atoms with Crippen molar-refractivity contribution in [1.82, 2.24) is 15.0 Å². The lowest BCUT2D eigenvalue weighted by Gasteiger charge is -2.01. The zero-order valence-electron chi connectivity index (χ0n) is 7.38. The molecule has 0 aromatic carbocycles. The van der Waals surface area contributed by atoms with E-state index in [2.05, 4.69) is 20.4 Å². The molecule has 0 atom stereocenters. The van der Waals surface area contributed by atoms with Gasteiger partial charge in [-0.1, -0.05) is 0 Å². The number of hydrogen-bond donors (Lipinski definition) is 2. The van der Waals surface area contributed by atoms with E-state index >= 15 is 0 Å². The van der Waals surface area contributed by atoms with Crippen LogP contribution in [-0.4, -0.2) is 15.0 Å². The number of hydrazine groups is 1. The molecule has 70 valence electrons. The van der Waals surface area contributed by atoms with Crippen LogP contribution in [0.25, 0.3) is 11.4 Å². The highest BCUT2D eigenvalue weighted by Gasteiger charge is 2.00. The molecule has 5 nitrogen and oxygen atoms in total. The minimum absolute atomic E-state index is 0.582. The van der Waals surface area contributed by atoms with Crippen molar-refractivity contribution in [2.75, 3.05) is 5.43 Å². The van der Waals surface area contributed by atoms with E-state index in [1.165, 1.54) is 0 Å². The van der Waals surface area contributed by atoms with Crippen molar-refractivity contribution in [2.45, 2.75) is 0 Å². The molecule has 0 fully saturated rings. The third kappa shape index (κ3) is 1.67. The van der Waals surface area contributed by atoms with Crippen molar-refractivity contribution < 1.29 is 0 Å². The van der Waals surface area contributed by atoms with Crippen molar-refractivity contribution in [2.24, 2.45) is 5.84 Å². The Bertz CT molecular complexity index is 415. The molecular weight excluding hydrogens is 178 g/mol. The molecule has 0 saturated carbocycles. The molecule has 0 bridgehead atoms. The molecule has 0 aliphatic carbocycles. The third-order valence-electron chi connectivity index (χ3n) is 1.72. The van der Waals surface area contributed by atoms with Crippen LogP contribution in [-0.2, 0) is 0 Å². The van der Waals surface area contributed by atoms with Crippen molar-refractivity contribution >= 4 is 5.82 Å². The van der Waals surface area contributed by atoms with E-state index in [0.29, 0.717) is 11.6 Å². The minimum atomic E-state index is 0.582. The van der Waals surface area contributed by atoms with Gasteiger partial charge in [-0.15, -0.1) is 0 Å². The number of aromatic nitrogens is 3. The summed E-state index contributed by atoms with van der Waals surface area (Å²) >= 11 is 0. The second-order valence-corrected chi connectivity index (χ2v) is 2.65. The van der Waals surface area contributed by atoms with Gasteiger partial charge >= 0.3 is 0 Å². The van der Waals surface area contributed by atoms with Crippen LogP contribution < -0.4 is 11.3 Å². The Labute approximate surface area is 81.0 Å². The maximum atomic E-state index is 5.24. The fourth-order valence-corrected chi connectivity index (χ4v) is 1.07. The smallest absolute Gasteiger partial charge is 0.163 e. The van der Waals surface area contributed by atoms with Crippen LogP contribution in [0.5, 0.6) is 0 Å². The van der Waals surface area contributed by atoms with Crippen LogP contribution in [0.2, 0.25) is 0 Å². The average Bonchev–Trinajstić information content (AvgIpc) is 2.30. The Hall–Kier alpha value is -2.01. The first-order valence-corrected chi connectivity index (χ1v) is 4.10. The summed E-state index contributed by atoms with van der Waals surface area (Å²) < 4.78 is 0. The molecule has 0 aliphatic heterocycles. The third-order valence-corrected chi connectivity index (χ3v) is 1.72. The van der Waals surface area contributed by atoms with Crippen molar-refractivity contribution in [1.29, 1.82) is 0 Å². The zero-order chi connectivity index (χ0) is 9.80. The zero-order valence-corrected chi connectivity index (χ0v) is 7.38. The van der Waals surface area contributed by atoms with Crippen molar-refractivity contribution in [3.05, 3.63) is 36.8 Å². The monoisotopic (exact) mass is 187 g/mol. The van der Waals surface area contributed by atoms with E-state index in [1.54, 1.807) is 24.7 Å². The highest BCUT2D eigenvalue weighted by Crippen LogP contribution is 2.13. The first kappa shape index (κ1) is 8.58. The topological polar surface area (TPSA) is 76.7 Å². The number of nitrogens with zero attached hydrogens (tertiary/aromatic N) is 3. The van der Waals surface area contributed by atoms with Gasteiger partial charge in [0.05, 0.1) is 0 Å². The minimum Gasteiger partial charge on any atom is -0.308 e. The second-order valence-electron chi connectivity index (χ2n) is 2.65. The molecule has 0 amide bonds. The summed E-state index contributed by atoms with van der Waals surface area (Å²) in [6.07, 6.45) is 5.05.